The van der Waals surface area contributed by atoms with E-state index in [0.717, 1.165) is 17.1 Å². The topological polar surface area (TPSA) is 86.8 Å². The number of nitrogens with zero attached hydrogens (tertiary/aromatic N) is 2. The summed E-state index contributed by atoms with van der Waals surface area (Å²) in [7, 11) is -4.22. The van der Waals surface area contributed by atoms with E-state index in [2.05, 4.69) is 5.32 Å². The minimum Gasteiger partial charge on any atom is -0.354 e. The molecule has 0 radical (unpaired) electrons. The first-order chi connectivity index (χ1) is 18.5. The number of carbonyl (C=O) groups is 2. The van der Waals surface area contributed by atoms with E-state index in [1.54, 1.807) is 49.4 Å². The number of rotatable bonds is 12. The average Bonchev–Trinajstić information content (AvgIpc) is 2.91. The first-order valence-corrected chi connectivity index (χ1v) is 15.0. The Balaban J connectivity index is 2.01. The van der Waals surface area contributed by atoms with Crippen molar-refractivity contribution in [1.82, 2.24) is 10.2 Å². The van der Waals surface area contributed by atoms with Crippen LogP contribution in [0.15, 0.2) is 77.7 Å². The molecular formula is C28H30Cl3N3O4S. The van der Waals surface area contributed by atoms with Crippen molar-refractivity contribution < 1.29 is 18.0 Å². The van der Waals surface area contributed by atoms with Gasteiger partial charge in [0.1, 0.15) is 12.6 Å². The summed E-state index contributed by atoms with van der Waals surface area (Å²) >= 11 is 18.5. The number of anilines is 1. The monoisotopic (exact) mass is 609 g/mol. The molecular weight excluding hydrogens is 581 g/mol. The fourth-order valence-corrected chi connectivity index (χ4v) is 5.73. The zero-order valence-corrected chi connectivity index (χ0v) is 24.7. The number of hydrogen-bond donors (Lipinski definition) is 1. The van der Waals surface area contributed by atoms with Gasteiger partial charge in [0.2, 0.25) is 11.8 Å². The number of unbranched alkanes of at least 4 members (excludes halogenated alkanes) is 1. The molecule has 0 aliphatic rings. The summed E-state index contributed by atoms with van der Waals surface area (Å²) < 4.78 is 28.5. The summed E-state index contributed by atoms with van der Waals surface area (Å²) in [6.45, 7) is 3.50. The number of sulfonamides is 1. The van der Waals surface area contributed by atoms with Gasteiger partial charge in [0.15, 0.2) is 0 Å². The van der Waals surface area contributed by atoms with Gasteiger partial charge < -0.3 is 10.2 Å². The molecule has 3 aromatic rings. The third-order valence-corrected chi connectivity index (χ3v) is 8.72. The average molecular weight is 611 g/mol. The molecule has 2 amide bonds. The van der Waals surface area contributed by atoms with Crippen molar-refractivity contribution in [3.8, 4) is 0 Å². The predicted molar refractivity (Wildman–Crippen MR) is 157 cm³/mol. The van der Waals surface area contributed by atoms with E-state index in [4.69, 9.17) is 34.8 Å². The lowest BCUT2D eigenvalue weighted by atomic mass is 10.1. The molecule has 0 spiro atoms. The number of nitrogens with one attached hydrogen (secondary N) is 1. The van der Waals surface area contributed by atoms with Crippen LogP contribution in [-0.4, -0.2) is 44.3 Å². The lowest BCUT2D eigenvalue weighted by Crippen LogP contribution is -2.51. The zero-order chi connectivity index (χ0) is 28.6. The number of hydrogen-bond acceptors (Lipinski definition) is 4. The summed E-state index contributed by atoms with van der Waals surface area (Å²) in [6, 6.07) is 17.9. The highest BCUT2D eigenvalue weighted by Gasteiger charge is 2.32. The summed E-state index contributed by atoms with van der Waals surface area (Å²) in [5, 5.41) is 3.94. The Hall–Kier alpha value is -2.78. The molecule has 0 aliphatic carbocycles. The van der Waals surface area contributed by atoms with Crippen molar-refractivity contribution in [2.75, 3.05) is 17.4 Å². The number of halogens is 3. The van der Waals surface area contributed by atoms with Crippen LogP contribution in [-0.2, 0) is 26.2 Å². The van der Waals surface area contributed by atoms with Crippen LogP contribution in [0.3, 0.4) is 0 Å². The van der Waals surface area contributed by atoms with Crippen molar-refractivity contribution in [2.45, 2.75) is 44.2 Å². The van der Waals surface area contributed by atoms with E-state index in [9.17, 15) is 18.0 Å². The second-order valence-corrected chi connectivity index (χ2v) is 12.0. The molecule has 11 heteroatoms. The van der Waals surface area contributed by atoms with Gasteiger partial charge in [0.05, 0.1) is 10.6 Å². The van der Waals surface area contributed by atoms with Gasteiger partial charge in [-0.3, -0.25) is 13.9 Å². The smallest absolute Gasteiger partial charge is 0.264 e. The van der Waals surface area contributed by atoms with Crippen molar-refractivity contribution >= 4 is 62.3 Å². The Bertz CT molecular complexity index is 1400. The van der Waals surface area contributed by atoms with Gasteiger partial charge in [-0.15, -0.1) is 0 Å². The number of carbonyl (C=O) groups excluding carboxylic acids is 2. The van der Waals surface area contributed by atoms with Crippen molar-refractivity contribution in [3.05, 3.63) is 93.4 Å². The predicted octanol–water partition coefficient (Wildman–Crippen LogP) is 6.18. The number of benzene rings is 3. The van der Waals surface area contributed by atoms with Gasteiger partial charge in [-0.1, -0.05) is 72.4 Å². The molecule has 39 heavy (non-hydrogen) atoms. The molecule has 0 heterocycles. The molecule has 0 saturated heterocycles. The van der Waals surface area contributed by atoms with Crippen molar-refractivity contribution in [1.29, 1.82) is 0 Å². The van der Waals surface area contributed by atoms with Crippen LogP contribution < -0.4 is 9.62 Å². The van der Waals surface area contributed by atoms with Crippen LogP contribution >= 0.6 is 34.8 Å². The molecule has 7 nitrogen and oxygen atoms in total. The maximum atomic E-state index is 13.9. The van der Waals surface area contributed by atoms with E-state index in [0.29, 0.717) is 27.2 Å². The first-order valence-electron chi connectivity index (χ1n) is 12.4. The number of amides is 2. The molecule has 0 aliphatic heterocycles. The highest BCUT2D eigenvalue weighted by atomic mass is 35.5. The molecule has 0 unspecified atom stereocenters. The first kappa shape index (κ1) is 30.8. The summed E-state index contributed by atoms with van der Waals surface area (Å²) in [5.74, 6) is -0.940. The third-order valence-electron chi connectivity index (χ3n) is 6.07. The van der Waals surface area contributed by atoms with Crippen LogP contribution in [0.4, 0.5) is 5.69 Å². The zero-order valence-electron chi connectivity index (χ0n) is 21.6. The quantitative estimate of drug-likeness (QED) is 0.248. The molecule has 1 atom stereocenters. The molecule has 0 aromatic heterocycles. The summed E-state index contributed by atoms with van der Waals surface area (Å²) in [5.41, 5.74) is 0.819. The Kier molecular flexibility index (Phi) is 11.1. The fourth-order valence-electron chi connectivity index (χ4n) is 3.82. The standard InChI is InChI=1S/C28H30Cl3N3O4S/c1-3-4-16-32-28(36)20(2)33(18-21-8-5-6-11-26(21)31)27(35)19-34(24-10-7-9-23(30)17-24)39(37,38)25-14-12-22(29)13-15-25/h5-15,17,20H,3-4,16,18-19H2,1-2H3,(H,32,36)/t20-/m0/s1. The fraction of sp³-hybridized carbons (Fsp3) is 0.286. The molecule has 3 rings (SSSR count). The van der Waals surface area contributed by atoms with Crippen molar-refractivity contribution in [3.63, 3.8) is 0 Å². The maximum Gasteiger partial charge on any atom is 0.264 e. The van der Waals surface area contributed by atoms with E-state index >= 15 is 0 Å². The lowest BCUT2D eigenvalue weighted by molar-refractivity contribution is -0.139. The largest absolute Gasteiger partial charge is 0.354 e. The minimum atomic E-state index is -4.22. The van der Waals surface area contributed by atoms with E-state index in [-0.39, 0.29) is 23.0 Å². The Morgan fingerprint density at radius 3 is 2.26 bits per heavy atom. The van der Waals surface area contributed by atoms with Crippen LogP contribution in [0, 0.1) is 0 Å². The second kappa shape index (κ2) is 14.0. The maximum absolute atomic E-state index is 13.9. The molecule has 0 fully saturated rings. The van der Waals surface area contributed by atoms with Gasteiger partial charge in [-0.2, -0.15) is 0 Å². The van der Waals surface area contributed by atoms with Crippen LogP contribution in [0.25, 0.3) is 0 Å². The molecule has 3 aromatic carbocycles. The van der Waals surface area contributed by atoms with Crippen molar-refractivity contribution in [2.24, 2.45) is 0 Å². The summed E-state index contributed by atoms with van der Waals surface area (Å²) in [4.78, 5) is 28.1. The third kappa shape index (κ3) is 8.11. The highest BCUT2D eigenvalue weighted by Crippen LogP contribution is 2.28. The Morgan fingerprint density at radius 1 is 0.923 bits per heavy atom. The van der Waals surface area contributed by atoms with Gasteiger partial charge in [0.25, 0.3) is 10.0 Å². The van der Waals surface area contributed by atoms with E-state index < -0.39 is 28.5 Å². The van der Waals surface area contributed by atoms with E-state index in [1.807, 2.05) is 6.92 Å². The van der Waals surface area contributed by atoms with Gasteiger partial charge >= 0.3 is 0 Å². The van der Waals surface area contributed by atoms with Crippen LogP contribution in [0.5, 0.6) is 0 Å². The molecule has 0 saturated carbocycles. The molecule has 208 valence electrons. The minimum absolute atomic E-state index is 0.00521. The summed E-state index contributed by atoms with van der Waals surface area (Å²) in [6.07, 6.45) is 1.69. The Labute approximate surface area is 244 Å². The van der Waals surface area contributed by atoms with Gasteiger partial charge in [0, 0.05) is 28.2 Å². The molecule has 0 bridgehead atoms. The Morgan fingerprint density at radius 2 is 1.62 bits per heavy atom. The molecule has 1 N–H and O–H groups in total. The van der Waals surface area contributed by atoms with Crippen LogP contribution in [0.1, 0.15) is 32.3 Å². The lowest BCUT2D eigenvalue weighted by Gasteiger charge is -2.32. The van der Waals surface area contributed by atoms with Gasteiger partial charge in [-0.05, 0) is 67.4 Å². The second-order valence-electron chi connectivity index (χ2n) is 8.88. The van der Waals surface area contributed by atoms with Crippen LogP contribution in [0.2, 0.25) is 15.1 Å². The van der Waals surface area contributed by atoms with E-state index in [1.165, 1.54) is 35.2 Å². The normalized spacial score (nSPS) is 12.0. The van der Waals surface area contributed by atoms with Gasteiger partial charge in [-0.25, -0.2) is 8.42 Å². The SMILES string of the molecule is CCCCNC(=O)[C@H](C)N(Cc1ccccc1Cl)C(=O)CN(c1cccc(Cl)c1)S(=O)(=O)c1ccc(Cl)cc1. The highest BCUT2D eigenvalue weighted by molar-refractivity contribution is 7.92.